The van der Waals surface area contributed by atoms with E-state index in [1.165, 1.54) is 20.0 Å². The van der Waals surface area contributed by atoms with E-state index < -0.39 is 5.41 Å². The second kappa shape index (κ2) is 4.61. The maximum absolute atomic E-state index is 11.5. The minimum absolute atomic E-state index is 0.176. The third kappa shape index (κ3) is 2.21. The molecule has 1 fully saturated rings. The molecule has 0 heterocycles. The molecule has 1 rings (SSSR count). The minimum Gasteiger partial charge on any atom is -0.469 e. The first kappa shape index (κ1) is 10.5. The summed E-state index contributed by atoms with van der Waals surface area (Å²) < 4.78 is 4.78. The van der Waals surface area contributed by atoms with Gasteiger partial charge in [0.15, 0.2) is 0 Å². The Hall–Kier alpha value is -0.570. The van der Waals surface area contributed by atoms with Crippen LogP contribution in [0.25, 0.3) is 0 Å². The second-order valence-corrected chi connectivity index (χ2v) is 3.86. The standard InChI is InChI=1S/C10H18NO2/c1-13-9(12)10(8-11)6-4-2-3-5-7-10/h11H,2-8H2,1H3. The molecule has 0 aromatic heterocycles. The van der Waals surface area contributed by atoms with Crippen LogP contribution in [0.5, 0.6) is 0 Å². The van der Waals surface area contributed by atoms with Gasteiger partial charge in [-0.25, -0.2) is 0 Å². The van der Waals surface area contributed by atoms with E-state index in [2.05, 4.69) is 0 Å². The van der Waals surface area contributed by atoms with E-state index in [-0.39, 0.29) is 12.5 Å². The molecule has 13 heavy (non-hydrogen) atoms. The van der Waals surface area contributed by atoms with E-state index in [1.54, 1.807) is 0 Å². The maximum Gasteiger partial charge on any atom is 0.313 e. The smallest absolute Gasteiger partial charge is 0.313 e. The predicted molar refractivity (Wildman–Crippen MR) is 50.1 cm³/mol. The molecule has 1 saturated carbocycles. The van der Waals surface area contributed by atoms with Crippen LogP contribution in [0.15, 0.2) is 0 Å². The Morgan fingerprint density at radius 2 is 1.85 bits per heavy atom. The van der Waals surface area contributed by atoms with Crippen molar-refractivity contribution in [1.82, 2.24) is 5.73 Å². The molecule has 0 aliphatic heterocycles. The monoisotopic (exact) mass is 184 g/mol. The van der Waals surface area contributed by atoms with Gasteiger partial charge in [-0.2, -0.15) is 0 Å². The zero-order valence-electron chi connectivity index (χ0n) is 8.27. The molecule has 75 valence electrons. The van der Waals surface area contributed by atoms with Gasteiger partial charge in [-0.05, 0) is 12.8 Å². The summed E-state index contributed by atoms with van der Waals surface area (Å²) in [6.07, 6.45) is 6.19. The summed E-state index contributed by atoms with van der Waals surface area (Å²) in [6.45, 7) is 0.180. The molecule has 0 bridgehead atoms. The summed E-state index contributed by atoms with van der Waals surface area (Å²) in [5, 5.41) is 0. The van der Waals surface area contributed by atoms with Gasteiger partial charge < -0.3 is 4.74 Å². The van der Waals surface area contributed by atoms with Gasteiger partial charge in [0.05, 0.1) is 12.5 Å². The van der Waals surface area contributed by atoms with Gasteiger partial charge in [0.25, 0.3) is 0 Å². The molecule has 0 saturated heterocycles. The van der Waals surface area contributed by atoms with Gasteiger partial charge >= 0.3 is 5.97 Å². The van der Waals surface area contributed by atoms with Crippen LogP contribution in [0.2, 0.25) is 0 Å². The van der Waals surface area contributed by atoms with E-state index in [1.807, 2.05) is 0 Å². The van der Waals surface area contributed by atoms with Crippen molar-refractivity contribution >= 4 is 5.97 Å². The molecule has 1 aliphatic rings. The molecule has 0 unspecified atom stereocenters. The average Bonchev–Trinajstić information content (AvgIpc) is 2.42. The highest BCUT2D eigenvalue weighted by Crippen LogP contribution is 2.35. The van der Waals surface area contributed by atoms with E-state index in [0.29, 0.717) is 0 Å². The third-order valence-electron chi connectivity index (χ3n) is 3.02. The lowest BCUT2D eigenvalue weighted by molar-refractivity contribution is -0.153. The summed E-state index contributed by atoms with van der Waals surface area (Å²) >= 11 is 0. The van der Waals surface area contributed by atoms with Gasteiger partial charge in [0.1, 0.15) is 0 Å². The first-order valence-corrected chi connectivity index (χ1v) is 4.98. The van der Waals surface area contributed by atoms with Gasteiger partial charge in [0.2, 0.25) is 0 Å². The van der Waals surface area contributed by atoms with Crippen LogP contribution < -0.4 is 5.73 Å². The molecule has 3 nitrogen and oxygen atoms in total. The zero-order chi connectivity index (χ0) is 9.73. The fourth-order valence-electron chi connectivity index (χ4n) is 2.07. The van der Waals surface area contributed by atoms with E-state index in [9.17, 15) is 4.79 Å². The van der Waals surface area contributed by atoms with E-state index in [0.717, 1.165) is 25.7 Å². The molecule has 1 N–H and O–H groups in total. The van der Waals surface area contributed by atoms with Crippen molar-refractivity contribution in [2.45, 2.75) is 38.5 Å². The summed E-state index contributed by atoms with van der Waals surface area (Å²) in [4.78, 5) is 11.5. The SMILES string of the molecule is COC(=O)C1(C[NH])CCCCCC1. The topological polar surface area (TPSA) is 50.1 Å². The number of carbonyl (C=O) groups is 1. The number of rotatable bonds is 2. The van der Waals surface area contributed by atoms with Crippen LogP contribution in [-0.4, -0.2) is 19.6 Å². The molecule has 0 aromatic rings. The van der Waals surface area contributed by atoms with Crippen molar-refractivity contribution in [1.29, 1.82) is 0 Å². The Morgan fingerprint density at radius 3 is 2.23 bits per heavy atom. The minimum atomic E-state index is -0.481. The van der Waals surface area contributed by atoms with Crippen molar-refractivity contribution in [2.75, 3.05) is 13.7 Å². The van der Waals surface area contributed by atoms with Gasteiger partial charge in [-0.15, -0.1) is 0 Å². The first-order valence-electron chi connectivity index (χ1n) is 4.98. The van der Waals surface area contributed by atoms with Crippen LogP contribution in [0.3, 0.4) is 0 Å². The molecule has 3 heteroatoms. The summed E-state index contributed by atoms with van der Waals surface area (Å²) in [5.74, 6) is -0.176. The number of methoxy groups -OCH3 is 1. The molecular formula is C10H18NO2. The number of esters is 1. The highest BCUT2D eigenvalue weighted by Gasteiger charge is 2.38. The Kier molecular flexibility index (Phi) is 3.72. The van der Waals surface area contributed by atoms with E-state index in [4.69, 9.17) is 10.5 Å². The molecule has 0 aromatic carbocycles. The first-order chi connectivity index (χ1) is 6.25. The maximum atomic E-state index is 11.5. The normalized spacial score (nSPS) is 22.0. The van der Waals surface area contributed by atoms with Crippen molar-refractivity contribution in [2.24, 2.45) is 5.41 Å². The van der Waals surface area contributed by atoms with Crippen molar-refractivity contribution < 1.29 is 9.53 Å². The van der Waals surface area contributed by atoms with Crippen LogP contribution in [0.1, 0.15) is 38.5 Å². The fraction of sp³-hybridized carbons (Fsp3) is 0.900. The van der Waals surface area contributed by atoms with Crippen LogP contribution in [-0.2, 0) is 9.53 Å². The molecule has 0 atom stereocenters. The number of hydrogen-bond acceptors (Lipinski definition) is 2. The Morgan fingerprint density at radius 1 is 1.31 bits per heavy atom. The van der Waals surface area contributed by atoms with Crippen LogP contribution in [0, 0.1) is 5.41 Å². The third-order valence-corrected chi connectivity index (χ3v) is 3.02. The molecule has 0 spiro atoms. The van der Waals surface area contributed by atoms with Gasteiger partial charge in [-0.3, -0.25) is 10.5 Å². The Labute approximate surface area is 79.6 Å². The average molecular weight is 184 g/mol. The van der Waals surface area contributed by atoms with E-state index >= 15 is 0 Å². The zero-order valence-corrected chi connectivity index (χ0v) is 8.27. The summed E-state index contributed by atoms with van der Waals surface area (Å²) in [6, 6.07) is 0. The molecule has 1 aliphatic carbocycles. The number of carbonyl (C=O) groups excluding carboxylic acids is 1. The van der Waals surface area contributed by atoms with Crippen molar-refractivity contribution in [3.8, 4) is 0 Å². The lowest BCUT2D eigenvalue weighted by Crippen LogP contribution is -2.36. The predicted octanol–water partition coefficient (Wildman–Crippen LogP) is 1.78. The lowest BCUT2D eigenvalue weighted by Gasteiger charge is -2.27. The van der Waals surface area contributed by atoms with Gasteiger partial charge in [-0.1, -0.05) is 25.7 Å². The second-order valence-electron chi connectivity index (χ2n) is 3.86. The highest BCUT2D eigenvalue weighted by atomic mass is 16.5. The van der Waals surface area contributed by atoms with Crippen LogP contribution >= 0.6 is 0 Å². The molecule has 1 radical (unpaired) electrons. The molecular weight excluding hydrogens is 166 g/mol. The lowest BCUT2D eigenvalue weighted by atomic mass is 9.80. The number of nitrogens with one attached hydrogen (secondary N) is 1. The number of hydrogen-bond donors (Lipinski definition) is 0. The Balaban J connectivity index is 2.70. The fourth-order valence-corrected chi connectivity index (χ4v) is 2.07. The van der Waals surface area contributed by atoms with Gasteiger partial charge in [0, 0.05) is 6.54 Å². The summed E-state index contributed by atoms with van der Waals surface area (Å²) in [7, 11) is 1.42. The van der Waals surface area contributed by atoms with Crippen molar-refractivity contribution in [3.63, 3.8) is 0 Å². The number of ether oxygens (including phenoxy) is 1. The highest BCUT2D eigenvalue weighted by molar-refractivity contribution is 5.77. The van der Waals surface area contributed by atoms with Crippen molar-refractivity contribution in [3.05, 3.63) is 0 Å². The molecule has 0 amide bonds. The quantitative estimate of drug-likeness (QED) is 0.485. The Bertz CT molecular complexity index is 172. The van der Waals surface area contributed by atoms with Crippen LogP contribution in [0.4, 0.5) is 0 Å². The summed E-state index contributed by atoms with van der Waals surface area (Å²) in [5.41, 5.74) is 6.99. The largest absolute Gasteiger partial charge is 0.469 e.